The average Bonchev–Trinajstić information content (AvgIpc) is 3.28. The van der Waals surface area contributed by atoms with Crippen molar-refractivity contribution in [3.05, 3.63) is 29.7 Å². The van der Waals surface area contributed by atoms with Crippen LogP contribution >= 0.6 is 11.6 Å². The lowest BCUT2D eigenvalue weighted by molar-refractivity contribution is -0.156. The third-order valence-electron chi connectivity index (χ3n) is 7.37. The number of hydrogen-bond acceptors (Lipinski definition) is 9. The standard InChI is InChI=1S/C26H34ClNO8/c1-13-11-33-12-26(27)21(36-26)9-19(16-6-7-18-17(8-16)28-15(3)34-18)35-22(30)10-20(29)25(4,5)24(32)14(2)23(13)31/h6-8,13-14,19-21,23,29,31H,9-12H2,1-5H3/t13-,14+,19-,20-,21-,23-,26+/m0/s1. The SMILES string of the molecule is Cc1nc2cc([C@@H]3C[C@@H]4O[C@]4(Cl)COC[C@H](C)[C@H](O)[C@@H](C)C(=O)C(C)(C)[C@@H](O)CC(=O)O3)ccc2o1. The lowest BCUT2D eigenvalue weighted by atomic mass is 9.73. The van der Waals surface area contributed by atoms with Crippen molar-refractivity contribution in [2.24, 2.45) is 17.3 Å². The van der Waals surface area contributed by atoms with Gasteiger partial charge in [0.2, 0.25) is 0 Å². The number of benzene rings is 1. The number of aromatic nitrogens is 1. The van der Waals surface area contributed by atoms with Crippen LogP contribution in [0, 0.1) is 24.2 Å². The van der Waals surface area contributed by atoms with Crippen LogP contribution in [0.25, 0.3) is 11.1 Å². The Morgan fingerprint density at radius 3 is 2.61 bits per heavy atom. The van der Waals surface area contributed by atoms with E-state index in [2.05, 4.69) is 4.98 Å². The maximum atomic E-state index is 13.2. The molecule has 0 radical (unpaired) electrons. The number of nitrogens with zero attached hydrogens (tertiary/aromatic N) is 1. The molecule has 2 aliphatic rings. The molecule has 0 saturated carbocycles. The molecule has 2 aliphatic heterocycles. The van der Waals surface area contributed by atoms with E-state index in [0.29, 0.717) is 22.6 Å². The number of Topliss-reactive ketones (excluding diaryl/α,β-unsaturated/α-hetero) is 1. The zero-order chi connectivity index (χ0) is 26.4. The molecule has 2 saturated heterocycles. The van der Waals surface area contributed by atoms with Gasteiger partial charge in [-0.2, -0.15) is 0 Å². The molecule has 0 aliphatic carbocycles. The topological polar surface area (TPSA) is 132 Å². The van der Waals surface area contributed by atoms with Crippen molar-refractivity contribution in [3.63, 3.8) is 0 Å². The van der Waals surface area contributed by atoms with Gasteiger partial charge in [0.15, 0.2) is 16.5 Å². The summed E-state index contributed by atoms with van der Waals surface area (Å²) < 4.78 is 22.8. The Hall–Kier alpha value is -2.04. The normalized spacial score (nSPS) is 36.3. The first-order valence-electron chi connectivity index (χ1n) is 12.2. The van der Waals surface area contributed by atoms with Gasteiger partial charge in [-0.3, -0.25) is 9.59 Å². The third kappa shape index (κ3) is 5.45. The number of epoxide rings is 1. The lowest BCUT2D eigenvalue weighted by Gasteiger charge is -2.34. The summed E-state index contributed by atoms with van der Waals surface area (Å²) in [7, 11) is 0. The first-order chi connectivity index (χ1) is 16.8. The molecule has 198 valence electrons. The number of aliphatic hydroxyl groups is 2. The highest BCUT2D eigenvalue weighted by atomic mass is 35.5. The number of esters is 1. The molecule has 0 spiro atoms. The number of oxazole rings is 1. The minimum atomic E-state index is -1.31. The van der Waals surface area contributed by atoms with Crippen LogP contribution < -0.4 is 0 Å². The van der Waals surface area contributed by atoms with E-state index in [1.54, 1.807) is 52.8 Å². The van der Waals surface area contributed by atoms with Gasteiger partial charge in [-0.15, -0.1) is 0 Å². The van der Waals surface area contributed by atoms with Crippen LogP contribution in [-0.2, 0) is 23.8 Å². The minimum absolute atomic E-state index is 0.0744. The van der Waals surface area contributed by atoms with Gasteiger partial charge in [0.05, 0.1) is 37.3 Å². The second-order valence-electron chi connectivity index (χ2n) is 10.6. The second kappa shape index (κ2) is 10.0. The van der Waals surface area contributed by atoms with Crippen LogP contribution in [0.15, 0.2) is 22.6 Å². The number of ether oxygens (including phenoxy) is 3. The number of carbonyl (C=O) groups is 2. The van der Waals surface area contributed by atoms with E-state index in [1.165, 1.54) is 0 Å². The number of hydrogen-bond donors (Lipinski definition) is 2. The molecule has 0 unspecified atom stereocenters. The number of aliphatic hydroxyl groups excluding tert-OH is 2. The molecule has 2 N–H and O–H groups in total. The molecule has 3 heterocycles. The molecular weight excluding hydrogens is 490 g/mol. The second-order valence-corrected chi connectivity index (χ2v) is 11.3. The smallest absolute Gasteiger partial charge is 0.309 e. The summed E-state index contributed by atoms with van der Waals surface area (Å²) in [6.07, 6.45) is -3.61. The Morgan fingerprint density at radius 1 is 1.17 bits per heavy atom. The average molecular weight is 524 g/mol. The van der Waals surface area contributed by atoms with Gasteiger partial charge in [-0.05, 0) is 17.7 Å². The molecule has 0 amide bonds. The van der Waals surface area contributed by atoms with Crippen LogP contribution in [0.5, 0.6) is 0 Å². The number of cyclic esters (lactones) is 1. The molecule has 1 aromatic heterocycles. The fourth-order valence-electron chi connectivity index (χ4n) is 4.76. The van der Waals surface area contributed by atoms with Gasteiger partial charge in [0.25, 0.3) is 0 Å². The lowest BCUT2D eigenvalue weighted by Crippen LogP contribution is -2.46. The van der Waals surface area contributed by atoms with Crippen molar-refractivity contribution >= 4 is 34.5 Å². The van der Waals surface area contributed by atoms with E-state index in [4.69, 9.17) is 30.2 Å². The van der Waals surface area contributed by atoms with Crippen molar-refractivity contribution in [3.8, 4) is 0 Å². The van der Waals surface area contributed by atoms with E-state index in [-0.39, 0.29) is 37.8 Å². The van der Waals surface area contributed by atoms with Crippen LogP contribution in [-0.4, -0.2) is 63.5 Å². The predicted octanol–water partition coefficient (Wildman–Crippen LogP) is 3.45. The summed E-state index contributed by atoms with van der Waals surface area (Å²) in [5.41, 5.74) is 0.628. The number of aryl methyl sites for hydroxylation is 1. The first-order valence-corrected chi connectivity index (χ1v) is 12.6. The Kier molecular flexibility index (Phi) is 7.52. The molecule has 2 fully saturated rings. The summed E-state index contributed by atoms with van der Waals surface area (Å²) in [6.45, 7) is 8.52. The van der Waals surface area contributed by atoms with Crippen LogP contribution in [0.4, 0.5) is 0 Å². The van der Waals surface area contributed by atoms with Crippen LogP contribution in [0.3, 0.4) is 0 Å². The number of ketones is 1. The Bertz CT molecular complexity index is 1130. The number of fused-ring (bicyclic) bond motifs is 2. The van der Waals surface area contributed by atoms with Gasteiger partial charge >= 0.3 is 5.97 Å². The van der Waals surface area contributed by atoms with E-state index in [0.717, 1.165) is 0 Å². The highest BCUT2D eigenvalue weighted by molar-refractivity contribution is 6.25. The molecular formula is C26H34ClNO8. The van der Waals surface area contributed by atoms with E-state index in [1.807, 2.05) is 0 Å². The minimum Gasteiger partial charge on any atom is -0.457 e. The zero-order valence-electron chi connectivity index (χ0n) is 21.2. The van der Waals surface area contributed by atoms with Crippen LogP contribution in [0.1, 0.15) is 58.1 Å². The van der Waals surface area contributed by atoms with Crippen molar-refractivity contribution in [2.45, 2.75) is 76.9 Å². The van der Waals surface area contributed by atoms with E-state index in [9.17, 15) is 19.8 Å². The first kappa shape index (κ1) is 27.0. The van der Waals surface area contributed by atoms with Crippen molar-refractivity contribution in [1.29, 1.82) is 0 Å². The van der Waals surface area contributed by atoms with E-state index >= 15 is 0 Å². The van der Waals surface area contributed by atoms with Crippen molar-refractivity contribution < 1.29 is 38.4 Å². The fourth-order valence-corrected chi connectivity index (χ4v) is 5.04. The molecule has 36 heavy (non-hydrogen) atoms. The summed E-state index contributed by atoms with van der Waals surface area (Å²) in [5, 5.41) is 20.5. The molecule has 7 atom stereocenters. The Balaban J connectivity index is 1.61. The zero-order valence-corrected chi connectivity index (χ0v) is 21.9. The monoisotopic (exact) mass is 523 g/mol. The van der Waals surface area contributed by atoms with Gasteiger partial charge in [-0.1, -0.05) is 45.4 Å². The number of alkyl halides is 1. The predicted molar refractivity (Wildman–Crippen MR) is 130 cm³/mol. The quantitative estimate of drug-likeness (QED) is 0.327. The van der Waals surface area contributed by atoms with Crippen molar-refractivity contribution in [2.75, 3.05) is 13.2 Å². The third-order valence-corrected chi connectivity index (χ3v) is 7.81. The van der Waals surface area contributed by atoms with Crippen LogP contribution in [0.2, 0.25) is 0 Å². The highest BCUT2D eigenvalue weighted by Gasteiger charge is 2.57. The molecule has 10 heteroatoms. The molecule has 0 bridgehead atoms. The molecule has 1 aromatic carbocycles. The number of halogens is 1. The van der Waals surface area contributed by atoms with Gasteiger partial charge in [0, 0.05) is 25.2 Å². The van der Waals surface area contributed by atoms with Gasteiger partial charge in [-0.25, -0.2) is 4.98 Å². The summed E-state index contributed by atoms with van der Waals surface area (Å²) in [5.74, 6) is -1.65. The molecule has 2 aromatic rings. The summed E-state index contributed by atoms with van der Waals surface area (Å²) in [4.78, 5) is 30.5. The number of rotatable bonds is 1. The summed E-state index contributed by atoms with van der Waals surface area (Å²) >= 11 is 6.59. The van der Waals surface area contributed by atoms with Gasteiger partial charge in [0.1, 0.15) is 23.5 Å². The highest BCUT2D eigenvalue weighted by Crippen LogP contribution is 2.47. The van der Waals surface area contributed by atoms with Gasteiger partial charge < -0.3 is 28.8 Å². The summed E-state index contributed by atoms with van der Waals surface area (Å²) in [6, 6.07) is 5.32. The Morgan fingerprint density at radius 2 is 1.89 bits per heavy atom. The Labute approximate surface area is 215 Å². The van der Waals surface area contributed by atoms with E-state index < -0.39 is 46.8 Å². The fraction of sp³-hybridized carbons (Fsp3) is 0.654. The maximum Gasteiger partial charge on any atom is 0.309 e. The largest absolute Gasteiger partial charge is 0.457 e. The van der Waals surface area contributed by atoms with Crippen molar-refractivity contribution in [1.82, 2.24) is 4.98 Å². The number of carbonyl (C=O) groups excluding carboxylic acids is 2. The molecule has 4 rings (SSSR count). The maximum absolute atomic E-state index is 13.2. The molecule has 9 nitrogen and oxygen atoms in total.